The molecule has 4 nitrogen and oxygen atoms in total. The van der Waals surface area contributed by atoms with Crippen molar-refractivity contribution >= 4 is 17.9 Å². The maximum atomic E-state index is 10.6. The van der Waals surface area contributed by atoms with Gasteiger partial charge in [0.05, 0.1) is 0 Å². The Morgan fingerprint density at radius 3 is 2.70 bits per heavy atom. The molecule has 5 heteroatoms. The first-order valence-corrected chi connectivity index (χ1v) is 7.74. The van der Waals surface area contributed by atoms with Gasteiger partial charge < -0.3 is 15.2 Å². The van der Waals surface area contributed by atoms with E-state index in [2.05, 4.69) is 38.1 Å². The molecule has 2 rings (SSSR count). The predicted molar refractivity (Wildman–Crippen MR) is 80.7 cm³/mol. The van der Waals surface area contributed by atoms with Crippen LogP contribution in [0.3, 0.4) is 0 Å². The molecule has 2 atom stereocenters. The molecule has 1 saturated heterocycles. The fourth-order valence-corrected chi connectivity index (χ4v) is 3.39. The Labute approximate surface area is 124 Å². The number of carbonyl (C=O) groups excluding carboxylic acids is 1. The molecular weight excluding hydrogens is 274 g/mol. The zero-order valence-corrected chi connectivity index (χ0v) is 12.9. The summed E-state index contributed by atoms with van der Waals surface area (Å²) in [4.78, 5) is 10.2. The van der Waals surface area contributed by atoms with Gasteiger partial charge in [0.2, 0.25) is 0 Å². The lowest BCUT2D eigenvalue weighted by Crippen LogP contribution is -2.26. The molecule has 0 aromatic heterocycles. The highest BCUT2D eigenvalue weighted by Crippen LogP contribution is 2.44. The van der Waals surface area contributed by atoms with E-state index in [0.29, 0.717) is 5.92 Å². The Morgan fingerprint density at radius 1 is 1.50 bits per heavy atom. The largest absolute Gasteiger partial charge is 0.447 e. The Kier molecular flexibility index (Phi) is 4.60. The molecule has 1 aliphatic rings. The van der Waals surface area contributed by atoms with Gasteiger partial charge in [-0.1, -0.05) is 38.1 Å². The monoisotopic (exact) mass is 295 g/mol. The van der Waals surface area contributed by atoms with Gasteiger partial charge in [-0.2, -0.15) is 0 Å². The fraction of sp³-hybridized carbons (Fsp3) is 0.533. The van der Waals surface area contributed by atoms with Gasteiger partial charge in [0.25, 0.3) is 0 Å². The summed E-state index contributed by atoms with van der Waals surface area (Å²) in [7, 11) is 0. The average molecular weight is 295 g/mol. The summed E-state index contributed by atoms with van der Waals surface area (Å²) in [6.45, 7) is 6.61. The molecular formula is C15H21NO3S. The van der Waals surface area contributed by atoms with Crippen LogP contribution in [-0.4, -0.2) is 24.6 Å². The quantitative estimate of drug-likeness (QED) is 0.926. The van der Waals surface area contributed by atoms with Crippen molar-refractivity contribution < 1.29 is 14.3 Å². The van der Waals surface area contributed by atoms with E-state index in [-0.39, 0.29) is 17.6 Å². The SMILES string of the molecule is CC(C)c1ccc([C@]2(C)O[C@@H](COC(N)=O)CS2)cc1. The highest BCUT2D eigenvalue weighted by molar-refractivity contribution is 8.00. The minimum Gasteiger partial charge on any atom is -0.447 e. The Hall–Kier alpha value is -1.20. The molecule has 0 aliphatic carbocycles. The number of ether oxygens (including phenoxy) is 2. The molecule has 1 amide bonds. The van der Waals surface area contributed by atoms with E-state index in [1.807, 2.05) is 6.92 Å². The third-order valence-corrected chi connectivity index (χ3v) is 4.87. The number of hydrogen-bond donors (Lipinski definition) is 1. The Bertz CT molecular complexity index is 475. The van der Waals surface area contributed by atoms with E-state index in [0.717, 1.165) is 11.3 Å². The van der Waals surface area contributed by atoms with Gasteiger partial charge in [-0.15, -0.1) is 11.8 Å². The number of benzene rings is 1. The van der Waals surface area contributed by atoms with Crippen LogP contribution in [0.2, 0.25) is 0 Å². The molecule has 1 aromatic carbocycles. The molecule has 0 radical (unpaired) electrons. The molecule has 1 fully saturated rings. The van der Waals surface area contributed by atoms with E-state index >= 15 is 0 Å². The third-order valence-electron chi connectivity index (χ3n) is 3.45. The van der Waals surface area contributed by atoms with Gasteiger partial charge in [0.1, 0.15) is 17.6 Å². The van der Waals surface area contributed by atoms with Crippen molar-refractivity contribution in [3.8, 4) is 0 Å². The lowest BCUT2D eigenvalue weighted by atomic mass is 10.00. The molecule has 1 aliphatic heterocycles. The minimum absolute atomic E-state index is 0.109. The van der Waals surface area contributed by atoms with E-state index in [1.54, 1.807) is 11.8 Å². The van der Waals surface area contributed by atoms with Gasteiger partial charge in [-0.25, -0.2) is 4.79 Å². The summed E-state index contributed by atoms with van der Waals surface area (Å²) in [5, 5.41) is 0. The van der Waals surface area contributed by atoms with E-state index < -0.39 is 6.09 Å². The van der Waals surface area contributed by atoms with E-state index in [1.165, 1.54) is 5.56 Å². The predicted octanol–water partition coefficient (Wildman–Crippen LogP) is 3.21. The van der Waals surface area contributed by atoms with Gasteiger partial charge in [0, 0.05) is 5.75 Å². The first kappa shape index (κ1) is 15.2. The highest BCUT2D eigenvalue weighted by atomic mass is 32.2. The van der Waals surface area contributed by atoms with Gasteiger partial charge in [-0.3, -0.25) is 0 Å². The molecule has 1 heterocycles. The number of carbonyl (C=O) groups is 1. The molecule has 0 bridgehead atoms. The molecule has 20 heavy (non-hydrogen) atoms. The molecule has 0 saturated carbocycles. The molecule has 2 N–H and O–H groups in total. The van der Waals surface area contributed by atoms with Crippen molar-refractivity contribution in [1.82, 2.24) is 0 Å². The van der Waals surface area contributed by atoms with Crippen LogP contribution >= 0.6 is 11.8 Å². The number of hydrogen-bond acceptors (Lipinski definition) is 4. The zero-order valence-electron chi connectivity index (χ0n) is 12.1. The number of amides is 1. The Balaban J connectivity index is 2.03. The van der Waals surface area contributed by atoms with Crippen LogP contribution in [0, 0.1) is 0 Å². The molecule has 110 valence electrons. The Morgan fingerprint density at radius 2 is 2.15 bits per heavy atom. The summed E-state index contributed by atoms with van der Waals surface area (Å²) in [6.07, 6.45) is -0.865. The van der Waals surface area contributed by atoms with Gasteiger partial charge in [0.15, 0.2) is 0 Å². The van der Waals surface area contributed by atoms with Gasteiger partial charge >= 0.3 is 6.09 Å². The van der Waals surface area contributed by atoms with Crippen LogP contribution in [0.5, 0.6) is 0 Å². The van der Waals surface area contributed by atoms with E-state index in [4.69, 9.17) is 15.2 Å². The first-order chi connectivity index (χ1) is 9.40. The maximum absolute atomic E-state index is 10.6. The summed E-state index contributed by atoms with van der Waals surface area (Å²) < 4.78 is 10.8. The van der Waals surface area contributed by atoms with Crippen LogP contribution in [0.1, 0.15) is 37.8 Å². The third kappa shape index (κ3) is 3.46. The van der Waals surface area contributed by atoms with Crippen LogP contribution < -0.4 is 5.73 Å². The van der Waals surface area contributed by atoms with Gasteiger partial charge in [-0.05, 0) is 24.0 Å². The summed E-state index contributed by atoms with van der Waals surface area (Å²) >= 11 is 1.72. The highest BCUT2D eigenvalue weighted by Gasteiger charge is 2.38. The van der Waals surface area contributed by atoms with Crippen LogP contribution in [0.25, 0.3) is 0 Å². The van der Waals surface area contributed by atoms with Crippen molar-refractivity contribution in [2.45, 2.75) is 37.7 Å². The van der Waals surface area contributed by atoms with Crippen molar-refractivity contribution in [1.29, 1.82) is 0 Å². The van der Waals surface area contributed by atoms with E-state index in [9.17, 15) is 4.79 Å². The first-order valence-electron chi connectivity index (χ1n) is 6.75. The number of rotatable bonds is 4. The molecule has 1 aromatic rings. The zero-order chi connectivity index (χ0) is 14.8. The molecule has 0 unspecified atom stereocenters. The fourth-order valence-electron chi connectivity index (χ4n) is 2.22. The lowest BCUT2D eigenvalue weighted by Gasteiger charge is -2.24. The minimum atomic E-state index is -0.756. The maximum Gasteiger partial charge on any atom is 0.404 e. The van der Waals surface area contributed by atoms with Crippen LogP contribution in [0.15, 0.2) is 24.3 Å². The van der Waals surface area contributed by atoms with Crippen LogP contribution in [0.4, 0.5) is 4.79 Å². The number of nitrogens with two attached hydrogens (primary N) is 1. The normalized spacial score (nSPS) is 25.9. The standard InChI is InChI=1S/C15H21NO3S/c1-10(2)11-4-6-12(7-5-11)15(3)19-13(9-20-15)8-18-14(16)17/h4-7,10,13H,8-9H2,1-3H3,(H2,16,17)/t13-,15+/m0/s1. The summed E-state index contributed by atoms with van der Waals surface area (Å²) in [5.41, 5.74) is 7.42. The smallest absolute Gasteiger partial charge is 0.404 e. The second-order valence-corrected chi connectivity index (χ2v) is 6.80. The van der Waals surface area contributed by atoms with Crippen molar-refractivity contribution in [3.63, 3.8) is 0 Å². The van der Waals surface area contributed by atoms with Crippen molar-refractivity contribution in [2.75, 3.05) is 12.4 Å². The van der Waals surface area contributed by atoms with Crippen molar-refractivity contribution in [2.24, 2.45) is 5.73 Å². The molecule has 0 spiro atoms. The average Bonchev–Trinajstić information content (AvgIpc) is 2.80. The topological polar surface area (TPSA) is 61.6 Å². The number of thioether (sulfide) groups is 1. The lowest BCUT2D eigenvalue weighted by molar-refractivity contribution is -0.0278. The summed E-state index contributed by atoms with van der Waals surface area (Å²) in [6, 6.07) is 8.50. The van der Waals surface area contributed by atoms with Crippen LogP contribution in [-0.2, 0) is 14.4 Å². The second-order valence-electron chi connectivity index (χ2n) is 5.40. The second kappa shape index (κ2) is 6.06. The summed E-state index contributed by atoms with van der Waals surface area (Å²) in [5.74, 6) is 1.31. The number of primary amides is 1. The van der Waals surface area contributed by atoms with Crippen molar-refractivity contribution in [3.05, 3.63) is 35.4 Å².